The first-order valence-electron chi connectivity index (χ1n) is 3.68. The van der Waals surface area contributed by atoms with Gasteiger partial charge in [0.1, 0.15) is 5.75 Å². The fourth-order valence-corrected chi connectivity index (χ4v) is 0.916. The van der Waals surface area contributed by atoms with Gasteiger partial charge in [-0.1, -0.05) is 6.07 Å². The summed E-state index contributed by atoms with van der Waals surface area (Å²) in [5.41, 5.74) is 0.572. The lowest BCUT2D eigenvalue weighted by Crippen LogP contribution is -2.23. The van der Waals surface area contributed by atoms with Gasteiger partial charge in [-0.15, -0.1) is 6.42 Å². The number of carbonyl (C=O) groups is 1. The smallest absolute Gasteiger partial charge is 0.302 e. The number of terminal acetylenes is 1. The summed E-state index contributed by atoms with van der Waals surface area (Å²) in [5, 5.41) is 9.13. The third kappa shape index (κ3) is 2.00. The molecule has 0 saturated carbocycles. The molecule has 1 aromatic rings. The van der Waals surface area contributed by atoms with Crippen molar-refractivity contribution in [2.24, 2.45) is 0 Å². The molecule has 0 bridgehead atoms. The zero-order valence-corrected chi connectivity index (χ0v) is 7.19. The van der Waals surface area contributed by atoms with Crippen molar-refractivity contribution < 1.29 is 9.90 Å². The summed E-state index contributed by atoms with van der Waals surface area (Å²) in [4.78, 5) is 12.3. The molecule has 3 heteroatoms. The molecule has 0 aromatic heterocycles. The second-order valence-corrected chi connectivity index (χ2v) is 2.53. The topological polar surface area (TPSA) is 40.5 Å². The summed E-state index contributed by atoms with van der Waals surface area (Å²) >= 11 is 0. The van der Waals surface area contributed by atoms with Crippen molar-refractivity contribution in [3.63, 3.8) is 0 Å². The molecule has 0 aliphatic rings. The van der Waals surface area contributed by atoms with E-state index in [0.717, 1.165) is 0 Å². The van der Waals surface area contributed by atoms with Crippen molar-refractivity contribution in [1.82, 2.24) is 0 Å². The predicted octanol–water partition coefficient (Wildman–Crippen LogP) is 0.988. The Bertz CT molecular complexity index is 365. The Morgan fingerprint density at radius 2 is 2.31 bits per heavy atom. The van der Waals surface area contributed by atoms with Crippen LogP contribution in [0.15, 0.2) is 24.3 Å². The average molecular weight is 175 g/mol. The van der Waals surface area contributed by atoms with Crippen molar-refractivity contribution >= 4 is 11.6 Å². The lowest BCUT2D eigenvalue weighted by molar-refractivity contribution is -0.113. The summed E-state index contributed by atoms with van der Waals surface area (Å²) in [6, 6.07) is 6.33. The van der Waals surface area contributed by atoms with E-state index in [1.165, 1.54) is 17.0 Å². The molecule has 3 nitrogen and oxygen atoms in total. The first-order chi connectivity index (χ1) is 6.15. The molecular formula is C10H9NO2. The van der Waals surface area contributed by atoms with Gasteiger partial charge in [0, 0.05) is 18.8 Å². The Morgan fingerprint density at radius 3 is 2.85 bits per heavy atom. The minimum atomic E-state index is -0.439. The fraction of sp³-hybridized carbons (Fsp3) is 0.100. The van der Waals surface area contributed by atoms with Gasteiger partial charge < -0.3 is 10.0 Å². The van der Waals surface area contributed by atoms with Crippen LogP contribution >= 0.6 is 0 Å². The summed E-state index contributed by atoms with van der Waals surface area (Å²) in [5.74, 6) is 1.65. The number of aromatic hydroxyl groups is 1. The molecule has 0 atom stereocenters. The van der Waals surface area contributed by atoms with Gasteiger partial charge in [0.05, 0.1) is 0 Å². The van der Waals surface area contributed by atoms with Crippen LogP contribution in [0.2, 0.25) is 0 Å². The van der Waals surface area contributed by atoms with E-state index in [9.17, 15) is 4.79 Å². The molecule has 0 fully saturated rings. The van der Waals surface area contributed by atoms with Crippen LogP contribution < -0.4 is 4.90 Å². The Hall–Kier alpha value is -1.95. The quantitative estimate of drug-likeness (QED) is 0.646. The second kappa shape index (κ2) is 3.63. The lowest BCUT2D eigenvalue weighted by atomic mass is 10.3. The number of carbonyl (C=O) groups excluding carboxylic acids is 1. The van der Waals surface area contributed by atoms with E-state index < -0.39 is 5.91 Å². The zero-order valence-electron chi connectivity index (χ0n) is 7.19. The van der Waals surface area contributed by atoms with Crippen molar-refractivity contribution in [3.05, 3.63) is 24.3 Å². The number of hydrogen-bond acceptors (Lipinski definition) is 2. The normalized spacial score (nSPS) is 8.92. The first kappa shape index (κ1) is 9.14. The summed E-state index contributed by atoms with van der Waals surface area (Å²) < 4.78 is 0. The van der Waals surface area contributed by atoms with E-state index in [0.29, 0.717) is 5.69 Å². The minimum Gasteiger partial charge on any atom is -0.508 e. The highest BCUT2D eigenvalue weighted by molar-refractivity contribution is 6.05. The van der Waals surface area contributed by atoms with E-state index in [4.69, 9.17) is 11.5 Å². The fourth-order valence-electron chi connectivity index (χ4n) is 0.916. The molecule has 1 N–H and O–H groups in total. The summed E-state index contributed by atoms with van der Waals surface area (Å²) in [7, 11) is 1.55. The molecule has 66 valence electrons. The lowest BCUT2D eigenvalue weighted by Gasteiger charge is -2.13. The molecule has 0 aliphatic heterocycles. The van der Waals surface area contributed by atoms with Crippen LogP contribution in [0.4, 0.5) is 5.69 Å². The number of rotatable bonds is 1. The maximum atomic E-state index is 11.0. The van der Waals surface area contributed by atoms with E-state index in [-0.39, 0.29) is 5.75 Å². The van der Waals surface area contributed by atoms with Crippen molar-refractivity contribution in [2.75, 3.05) is 11.9 Å². The number of benzene rings is 1. The van der Waals surface area contributed by atoms with Crippen molar-refractivity contribution in [3.8, 4) is 18.1 Å². The molecule has 1 rings (SSSR count). The largest absolute Gasteiger partial charge is 0.508 e. The zero-order chi connectivity index (χ0) is 9.84. The van der Waals surface area contributed by atoms with E-state index in [1.807, 2.05) is 5.92 Å². The van der Waals surface area contributed by atoms with Crippen LogP contribution in [0.5, 0.6) is 5.75 Å². The highest BCUT2D eigenvalue weighted by Crippen LogP contribution is 2.18. The maximum absolute atomic E-state index is 11.0. The Morgan fingerprint density at radius 1 is 1.62 bits per heavy atom. The molecule has 0 spiro atoms. The van der Waals surface area contributed by atoms with Crippen LogP contribution in [0.25, 0.3) is 0 Å². The van der Waals surface area contributed by atoms with Crippen LogP contribution in [0, 0.1) is 12.3 Å². The number of anilines is 1. The standard InChI is InChI=1S/C10H9NO2/c1-3-10(13)11(2)8-5-4-6-9(12)7-8/h1,4-7,12H,2H3. The number of amides is 1. The number of phenols is 1. The van der Waals surface area contributed by atoms with Gasteiger partial charge in [-0.3, -0.25) is 4.79 Å². The molecule has 1 aromatic carbocycles. The molecular weight excluding hydrogens is 166 g/mol. The van der Waals surface area contributed by atoms with Gasteiger partial charge >= 0.3 is 5.91 Å². The number of hydrogen-bond donors (Lipinski definition) is 1. The van der Waals surface area contributed by atoms with Gasteiger partial charge in [-0.05, 0) is 18.1 Å². The maximum Gasteiger partial charge on any atom is 0.302 e. The minimum absolute atomic E-state index is 0.106. The molecule has 13 heavy (non-hydrogen) atoms. The van der Waals surface area contributed by atoms with E-state index >= 15 is 0 Å². The summed E-state index contributed by atoms with van der Waals surface area (Å²) in [6.45, 7) is 0. The molecule has 0 saturated heterocycles. The van der Waals surface area contributed by atoms with Crippen molar-refractivity contribution in [1.29, 1.82) is 0 Å². The van der Waals surface area contributed by atoms with Crippen LogP contribution in [0.3, 0.4) is 0 Å². The number of nitrogens with zero attached hydrogens (tertiary/aromatic N) is 1. The van der Waals surface area contributed by atoms with Crippen LogP contribution in [0.1, 0.15) is 0 Å². The highest BCUT2D eigenvalue weighted by atomic mass is 16.3. The monoisotopic (exact) mass is 175 g/mol. The van der Waals surface area contributed by atoms with Gasteiger partial charge in [0.25, 0.3) is 0 Å². The van der Waals surface area contributed by atoms with E-state index in [1.54, 1.807) is 19.2 Å². The SMILES string of the molecule is C#CC(=O)N(C)c1cccc(O)c1. The van der Waals surface area contributed by atoms with Crippen LogP contribution in [-0.4, -0.2) is 18.1 Å². The molecule has 0 unspecified atom stereocenters. The second-order valence-electron chi connectivity index (χ2n) is 2.53. The van der Waals surface area contributed by atoms with Gasteiger partial charge in [-0.25, -0.2) is 0 Å². The van der Waals surface area contributed by atoms with Crippen LogP contribution in [-0.2, 0) is 4.79 Å². The van der Waals surface area contributed by atoms with Gasteiger partial charge in [0.15, 0.2) is 0 Å². The Balaban J connectivity index is 2.96. The highest BCUT2D eigenvalue weighted by Gasteiger charge is 2.07. The molecule has 0 radical (unpaired) electrons. The Kier molecular flexibility index (Phi) is 2.56. The molecule has 1 amide bonds. The van der Waals surface area contributed by atoms with Crippen molar-refractivity contribution in [2.45, 2.75) is 0 Å². The van der Waals surface area contributed by atoms with E-state index in [2.05, 4.69) is 0 Å². The number of phenolic OH excluding ortho intramolecular Hbond substituents is 1. The third-order valence-electron chi connectivity index (χ3n) is 1.65. The first-order valence-corrected chi connectivity index (χ1v) is 3.68. The molecule has 0 aliphatic carbocycles. The Labute approximate surface area is 76.6 Å². The molecule has 0 heterocycles. The average Bonchev–Trinajstić information content (AvgIpc) is 2.15. The van der Waals surface area contributed by atoms with Gasteiger partial charge in [0.2, 0.25) is 0 Å². The summed E-state index contributed by atoms with van der Waals surface area (Å²) in [6.07, 6.45) is 4.94. The van der Waals surface area contributed by atoms with Gasteiger partial charge in [-0.2, -0.15) is 0 Å². The third-order valence-corrected chi connectivity index (χ3v) is 1.65. The predicted molar refractivity (Wildman–Crippen MR) is 50.3 cm³/mol.